The molecule has 19 N–H and O–H groups in total. The van der Waals surface area contributed by atoms with Gasteiger partial charge in [0.25, 0.3) is 0 Å². The highest BCUT2D eigenvalue weighted by Gasteiger charge is 2.59. The summed E-state index contributed by atoms with van der Waals surface area (Å²) in [6.07, 6.45) is -62.8. The van der Waals surface area contributed by atoms with E-state index in [1.165, 1.54) is 0 Å². The molecule has 20 aliphatic heterocycles. The minimum Gasteiger partial charge on any atom is -0.396 e. The summed E-state index contributed by atoms with van der Waals surface area (Å²) in [6.45, 7) is 0.450. The molecular formula is C47H80O32. The Kier molecular flexibility index (Phi) is 21.8. The lowest BCUT2D eigenvalue weighted by molar-refractivity contribution is -0.395. The molecule has 460 valence electrons. The van der Waals surface area contributed by atoms with E-state index in [-0.39, 0.29) is 18.8 Å². The second-order valence-electron chi connectivity index (χ2n) is 21.8. The van der Waals surface area contributed by atoms with Gasteiger partial charge in [-0.3, -0.25) is 0 Å². The van der Waals surface area contributed by atoms with Crippen LogP contribution in [0.15, 0.2) is 0 Å². The van der Waals surface area contributed by atoms with Crippen molar-refractivity contribution in [1.82, 2.24) is 0 Å². The van der Waals surface area contributed by atoms with Crippen LogP contribution >= 0.6 is 0 Å². The number of hydrogen-bond donors (Lipinski definition) is 19. The highest BCUT2D eigenvalue weighted by Crippen LogP contribution is 2.40. The molecule has 1 aliphatic carbocycles. The molecule has 0 radical (unpaired) electrons. The topological polar surface area (TPSA) is 504 Å². The SMILES string of the molecule is CCC1OC2OC3C(CO)OC(OC4C(CO)OC(OC5C(CO)CC(OC6C(CO)OC(OC7C(CO)OC(OC8C(CC(C)C)OC(OC1C(O)C2O)C(O)C8O)C(O)C7O)C(O)C6O)C(O)C5O)C(O)C4O)C(O)C3O. The minimum atomic E-state index is -2.12. The van der Waals surface area contributed by atoms with Gasteiger partial charge in [-0.2, -0.15) is 0 Å². The van der Waals surface area contributed by atoms with Crippen LogP contribution in [0, 0.1) is 11.8 Å². The van der Waals surface area contributed by atoms with E-state index in [0.717, 1.165) is 0 Å². The quantitative estimate of drug-likeness (QED) is 0.107. The van der Waals surface area contributed by atoms with Crippen LogP contribution in [0.2, 0.25) is 0 Å². The first-order valence-electron chi connectivity index (χ1n) is 26.6. The van der Waals surface area contributed by atoms with Crippen LogP contribution < -0.4 is 0 Å². The maximum absolute atomic E-state index is 11.7. The third-order valence-electron chi connectivity index (χ3n) is 16.1. The summed E-state index contributed by atoms with van der Waals surface area (Å²) in [5.74, 6) is -1.43. The van der Waals surface area contributed by atoms with Gasteiger partial charge in [0.15, 0.2) is 37.7 Å². The Balaban J connectivity index is 1.09. The summed E-state index contributed by atoms with van der Waals surface area (Å²) in [6, 6.07) is 0. The van der Waals surface area contributed by atoms with Crippen LogP contribution in [0.4, 0.5) is 0 Å². The molecule has 32 nitrogen and oxygen atoms in total. The zero-order valence-electron chi connectivity index (χ0n) is 43.2. The van der Waals surface area contributed by atoms with Crippen molar-refractivity contribution in [3.63, 3.8) is 0 Å². The Bertz CT molecular complexity index is 1870. The summed E-state index contributed by atoms with van der Waals surface area (Å²) in [5.41, 5.74) is 0. The molecular weight excluding hydrogens is 1080 g/mol. The number of rotatable bonds is 8. The summed E-state index contributed by atoms with van der Waals surface area (Å²) in [4.78, 5) is 0. The van der Waals surface area contributed by atoms with Crippen LogP contribution in [0.3, 0.4) is 0 Å². The fourth-order valence-electron chi connectivity index (χ4n) is 11.6. The summed E-state index contributed by atoms with van der Waals surface area (Å²) in [5, 5.41) is 213. The number of ether oxygens (including phenoxy) is 13. The molecule has 1 saturated carbocycles. The Morgan fingerprint density at radius 1 is 0.291 bits per heavy atom. The monoisotopic (exact) mass is 1160 g/mol. The number of aliphatic hydroxyl groups is 19. The van der Waals surface area contributed by atoms with Crippen molar-refractivity contribution >= 4 is 0 Å². The van der Waals surface area contributed by atoms with Crippen molar-refractivity contribution < 1.29 is 159 Å². The highest BCUT2D eigenvalue weighted by molar-refractivity contribution is 5.02. The van der Waals surface area contributed by atoms with Crippen LogP contribution in [0.5, 0.6) is 0 Å². The Morgan fingerprint density at radius 2 is 0.544 bits per heavy atom. The summed E-state index contributed by atoms with van der Waals surface area (Å²) < 4.78 is 76.6. The summed E-state index contributed by atoms with van der Waals surface area (Å²) >= 11 is 0. The molecule has 32 heteroatoms. The molecule has 79 heavy (non-hydrogen) atoms. The first-order chi connectivity index (χ1) is 37.5. The van der Waals surface area contributed by atoms with E-state index < -0.39 is 254 Å². The van der Waals surface area contributed by atoms with Crippen molar-refractivity contribution in [3.05, 3.63) is 0 Å². The zero-order valence-corrected chi connectivity index (χ0v) is 43.2. The molecule has 35 atom stereocenters. The minimum absolute atomic E-state index is 0.00703. The van der Waals surface area contributed by atoms with E-state index in [0.29, 0.717) is 0 Å². The van der Waals surface area contributed by atoms with Gasteiger partial charge in [-0.25, -0.2) is 0 Å². The van der Waals surface area contributed by atoms with Crippen molar-refractivity contribution in [2.75, 3.05) is 33.0 Å². The van der Waals surface area contributed by atoms with Gasteiger partial charge in [0.05, 0.1) is 50.8 Å². The predicted octanol–water partition coefficient (Wildman–Crippen LogP) is -11.1. The standard InChI is InChI=1S/C47H80O32/c1-4-14-36-23(55)29(61)42(68-14)77-39-19(10-51)73-47(34(66)28(39)60)79-40-18(9-50)71-44(32(64)26(40)58)74-35-13(7-48)6-15(21(53)22(35)54)67-38-17(8-49)70-46(31(63)25(38)57)78-41-20(11-52)72-45(33(65)27(41)59)76-37-16(5-12(2)3)69-43(75-36)30(62)24(37)56/h12-66H,4-11H2,1-3H3. The maximum atomic E-state index is 11.7. The van der Waals surface area contributed by atoms with Crippen LogP contribution in [0.25, 0.3) is 0 Å². The predicted molar refractivity (Wildman–Crippen MR) is 247 cm³/mol. The molecule has 0 aromatic rings. The average molecular weight is 1160 g/mol. The van der Waals surface area contributed by atoms with E-state index in [4.69, 9.17) is 61.6 Å². The Labute approximate surface area is 451 Å². The molecule has 0 spiro atoms. The second-order valence-corrected chi connectivity index (χ2v) is 21.8. The Morgan fingerprint density at radius 3 is 0.835 bits per heavy atom. The van der Waals surface area contributed by atoms with E-state index in [1.807, 2.05) is 0 Å². The normalized spacial score (nSPS) is 54.3. The van der Waals surface area contributed by atoms with Crippen LogP contribution in [0.1, 0.15) is 40.0 Å². The Hall–Kier alpha value is -1.28. The van der Waals surface area contributed by atoms with Gasteiger partial charge in [0.1, 0.15) is 146 Å². The molecule has 21 aliphatic rings. The van der Waals surface area contributed by atoms with Gasteiger partial charge in [-0.1, -0.05) is 20.8 Å². The van der Waals surface area contributed by atoms with Gasteiger partial charge < -0.3 is 159 Å². The number of hydrogen-bond acceptors (Lipinski definition) is 32. The van der Waals surface area contributed by atoms with Crippen molar-refractivity contribution in [1.29, 1.82) is 0 Å². The molecule has 20 heterocycles. The highest BCUT2D eigenvalue weighted by atomic mass is 16.8. The summed E-state index contributed by atoms with van der Waals surface area (Å²) in [7, 11) is 0. The van der Waals surface area contributed by atoms with E-state index in [2.05, 4.69) is 0 Å². The molecule has 21 rings (SSSR count). The second kappa shape index (κ2) is 27.0. The zero-order chi connectivity index (χ0) is 57.6. The average Bonchev–Trinajstić information content (AvgIpc) is 3.47. The van der Waals surface area contributed by atoms with Gasteiger partial charge in [0, 0.05) is 12.5 Å². The first-order valence-corrected chi connectivity index (χ1v) is 26.6. The van der Waals surface area contributed by atoms with Crippen LogP contribution in [-0.4, -0.2) is 339 Å². The van der Waals surface area contributed by atoms with E-state index in [1.54, 1.807) is 20.8 Å². The van der Waals surface area contributed by atoms with Crippen molar-refractivity contribution in [2.24, 2.45) is 11.8 Å². The molecule has 0 aromatic heterocycles. The van der Waals surface area contributed by atoms with Crippen molar-refractivity contribution in [3.8, 4) is 0 Å². The molecule has 35 unspecified atom stereocenters. The third-order valence-corrected chi connectivity index (χ3v) is 16.1. The lowest BCUT2D eigenvalue weighted by atomic mass is 9.80. The van der Waals surface area contributed by atoms with Crippen molar-refractivity contribution in [2.45, 2.75) is 249 Å². The third kappa shape index (κ3) is 12.8. The van der Waals surface area contributed by atoms with Gasteiger partial charge >= 0.3 is 0 Å². The lowest BCUT2D eigenvalue weighted by Gasteiger charge is -2.50. The lowest BCUT2D eigenvalue weighted by Crippen LogP contribution is -2.68. The fraction of sp³-hybridized carbons (Fsp3) is 1.00. The van der Waals surface area contributed by atoms with Gasteiger partial charge in [-0.15, -0.1) is 0 Å². The smallest absolute Gasteiger partial charge is 0.187 e. The van der Waals surface area contributed by atoms with Gasteiger partial charge in [-0.05, 0) is 25.2 Å². The number of aliphatic hydroxyl groups excluding tert-OH is 19. The molecule has 0 aromatic carbocycles. The van der Waals surface area contributed by atoms with E-state index in [9.17, 15) is 97.0 Å². The maximum Gasteiger partial charge on any atom is 0.187 e. The van der Waals surface area contributed by atoms with Crippen LogP contribution in [-0.2, 0) is 61.6 Å². The molecule has 0 amide bonds. The van der Waals surface area contributed by atoms with Gasteiger partial charge in [0.2, 0.25) is 0 Å². The molecule has 20 saturated heterocycles. The molecule has 21 fully saturated rings. The largest absolute Gasteiger partial charge is 0.396 e. The first kappa shape index (κ1) is 63.7. The fourth-order valence-corrected chi connectivity index (χ4v) is 11.6. The van der Waals surface area contributed by atoms with E-state index >= 15 is 0 Å². The molecule has 14 bridgehead atoms.